The van der Waals surface area contributed by atoms with Gasteiger partial charge >= 0.3 is 6.03 Å². The predicted octanol–water partition coefficient (Wildman–Crippen LogP) is 2.66. The molecule has 0 saturated heterocycles. The van der Waals surface area contributed by atoms with Crippen molar-refractivity contribution in [1.29, 1.82) is 0 Å². The lowest BCUT2D eigenvalue weighted by molar-refractivity contribution is 0.224. The van der Waals surface area contributed by atoms with Gasteiger partial charge in [0.25, 0.3) is 0 Å². The zero-order valence-electron chi connectivity index (χ0n) is 10.0. The summed E-state index contributed by atoms with van der Waals surface area (Å²) in [7, 11) is 0. The number of carbonyl (C=O) groups excluding carboxylic acids is 1. The molecule has 0 unspecified atom stereocenters. The summed E-state index contributed by atoms with van der Waals surface area (Å²) in [4.78, 5) is 11.4. The SMILES string of the molecule is CCC[C@@H]1CCC[C@@H](NC(=O)NCC)C1. The van der Waals surface area contributed by atoms with Gasteiger partial charge in [0.1, 0.15) is 0 Å². The standard InChI is InChI=1S/C12H24N2O/c1-3-6-10-7-5-8-11(9-10)14-12(15)13-4-2/h10-11H,3-9H2,1-2H3,(H2,13,14,15)/t10-,11-/m1/s1. The lowest BCUT2D eigenvalue weighted by Crippen LogP contribution is -2.44. The van der Waals surface area contributed by atoms with Crippen LogP contribution in [0.4, 0.5) is 4.79 Å². The Labute approximate surface area is 93.0 Å². The van der Waals surface area contributed by atoms with Crippen molar-refractivity contribution < 1.29 is 4.79 Å². The first-order valence-electron chi connectivity index (χ1n) is 6.30. The van der Waals surface area contributed by atoms with Crippen molar-refractivity contribution in [1.82, 2.24) is 10.6 Å². The molecule has 0 heterocycles. The van der Waals surface area contributed by atoms with E-state index in [1.807, 2.05) is 6.92 Å². The zero-order valence-corrected chi connectivity index (χ0v) is 10.0. The maximum absolute atomic E-state index is 11.4. The first kappa shape index (κ1) is 12.3. The van der Waals surface area contributed by atoms with Gasteiger partial charge in [0, 0.05) is 12.6 Å². The molecule has 0 aliphatic heterocycles. The van der Waals surface area contributed by atoms with Crippen molar-refractivity contribution in [3.8, 4) is 0 Å². The van der Waals surface area contributed by atoms with Gasteiger partial charge < -0.3 is 10.6 Å². The highest BCUT2D eigenvalue weighted by Gasteiger charge is 2.22. The van der Waals surface area contributed by atoms with Crippen LogP contribution < -0.4 is 10.6 Å². The largest absolute Gasteiger partial charge is 0.338 e. The van der Waals surface area contributed by atoms with Crippen LogP contribution in [0.15, 0.2) is 0 Å². The van der Waals surface area contributed by atoms with Crippen molar-refractivity contribution in [2.75, 3.05) is 6.54 Å². The second-order valence-electron chi connectivity index (χ2n) is 4.52. The Bertz CT molecular complexity index is 192. The Morgan fingerprint density at radius 1 is 1.33 bits per heavy atom. The summed E-state index contributed by atoms with van der Waals surface area (Å²) in [6.07, 6.45) is 7.51. The molecule has 0 spiro atoms. The molecule has 1 fully saturated rings. The Morgan fingerprint density at radius 2 is 2.13 bits per heavy atom. The van der Waals surface area contributed by atoms with Crippen LogP contribution in [0.1, 0.15) is 52.4 Å². The summed E-state index contributed by atoms with van der Waals surface area (Å²) >= 11 is 0. The minimum absolute atomic E-state index is 0.000325. The van der Waals surface area contributed by atoms with E-state index in [1.165, 1.54) is 32.1 Å². The van der Waals surface area contributed by atoms with Crippen molar-refractivity contribution in [2.45, 2.75) is 58.4 Å². The highest BCUT2D eigenvalue weighted by molar-refractivity contribution is 5.74. The summed E-state index contributed by atoms with van der Waals surface area (Å²) in [5, 5.41) is 5.85. The molecular formula is C12H24N2O. The number of hydrogen-bond acceptors (Lipinski definition) is 1. The summed E-state index contributed by atoms with van der Waals surface area (Å²) in [6.45, 7) is 4.89. The number of carbonyl (C=O) groups is 1. The van der Waals surface area contributed by atoms with Crippen molar-refractivity contribution >= 4 is 6.03 Å². The van der Waals surface area contributed by atoms with Gasteiger partial charge in [-0.2, -0.15) is 0 Å². The molecule has 3 heteroatoms. The van der Waals surface area contributed by atoms with E-state index in [4.69, 9.17) is 0 Å². The van der Waals surface area contributed by atoms with Crippen LogP contribution >= 0.6 is 0 Å². The molecule has 0 radical (unpaired) electrons. The van der Waals surface area contributed by atoms with Crippen molar-refractivity contribution in [3.05, 3.63) is 0 Å². The van der Waals surface area contributed by atoms with E-state index in [1.54, 1.807) is 0 Å². The van der Waals surface area contributed by atoms with E-state index in [2.05, 4.69) is 17.6 Å². The van der Waals surface area contributed by atoms with Crippen molar-refractivity contribution in [3.63, 3.8) is 0 Å². The number of urea groups is 1. The Hall–Kier alpha value is -0.730. The molecule has 2 amide bonds. The van der Waals surface area contributed by atoms with Crippen LogP contribution in [0.2, 0.25) is 0 Å². The number of nitrogens with one attached hydrogen (secondary N) is 2. The Morgan fingerprint density at radius 3 is 2.80 bits per heavy atom. The Balaban J connectivity index is 2.26. The van der Waals surface area contributed by atoms with E-state index in [0.29, 0.717) is 12.6 Å². The average Bonchev–Trinajstić information content (AvgIpc) is 2.19. The molecule has 3 nitrogen and oxygen atoms in total. The summed E-state index contributed by atoms with van der Waals surface area (Å²) < 4.78 is 0. The van der Waals surface area contributed by atoms with Gasteiger partial charge in [0.15, 0.2) is 0 Å². The fourth-order valence-corrected chi connectivity index (χ4v) is 2.49. The topological polar surface area (TPSA) is 41.1 Å². The predicted molar refractivity (Wildman–Crippen MR) is 62.9 cm³/mol. The van der Waals surface area contributed by atoms with Crippen LogP contribution in [-0.4, -0.2) is 18.6 Å². The monoisotopic (exact) mass is 212 g/mol. The van der Waals surface area contributed by atoms with Crippen LogP contribution in [0.25, 0.3) is 0 Å². The third-order valence-electron chi connectivity index (χ3n) is 3.15. The average molecular weight is 212 g/mol. The molecule has 0 bridgehead atoms. The van der Waals surface area contributed by atoms with Crippen molar-refractivity contribution in [2.24, 2.45) is 5.92 Å². The number of amides is 2. The molecule has 0 aromatic rings. The van der Waals surface area contributed by atoms with Gasteiger partial charge in [-0.3, -0.25) is 0 Å². The fourth-order valence-electron chi connectivity index (χ4n) is 2.49. The van der Waals surface area contributed by atoms with Gasteiger partial charge in [-0.25, -0.2) is 4.79 Å². The molecule has 0 aromatic heterocycles. The molecular weight excluding hydrogens is 188 g/mol. The van der Waals surface area contributed by atoms with E-state index >= 15 is 0 Å². The molecule has 2 N–H and O–H groups in total. The van der Waals surface area contributed by atoms with E-state index in [9.17, 15) is 4.79 Å². The second kappa shape index (κ2) is 6.70. The molecule has 1 saturated carbocycles. The maximum atomic E-state index is 11.4. The molecule has 1 aliphatic carbocycles. The van der Waals surface area contributed by atoms with Crippen LogP contribution in [0.5, 0.6) is 0 Å². The van der Waals surface area contributed by atoms with Gasteiger partial charge in [0.05, 0.1) is 0 Å². The second-order valence-corrected chi connectivity index (χ2v) is 4.52. The molecule has 88 valence electrons. The minimum atomic E-state index is -0.000325. The van der Waals surface area contributed by atoms with E-state index < -0.39 is 0 Å². The molecule has 0 aromatic carbocycles. The highest BCUT2D eigenvalue weighted by Crippen LogP contribution is 2.27. The number of rotatable bonds is 4. The lowest BCUT2D eigenvalue weighted by Gasteiger charge is -2.29. The third-order valence-corrected chi connectivity index (χ3v) is 3.15. The van der Waals surface area contributed by atoms with Gasteiger partial charge in [-0.15, -0.1) is 0 Å². The number of hydrogen-bond donors (Lipinski definition) is 2. The first-order chi connectivity index (χ1) is 7.26. The van der Waals surface area contributed by atoms with Crippen LogP contribution in [0, 0.1) is 5.92 Å². The van der Waals surface area contributed by atoms with Crippen LogP contribution in [0.3, 0.4) is 0 Å². The first-order valence-corrected chi connectivity index (χ1v) is 6.30. The fraction of sp³-hybridized carbons (Fsp3) is 0.917. The quantitative estimate of drug-likeness (QED) is 0.739. The highest BCUT2D eigenvalue weighted by atomic mass is 16.2. The smallest absolute Gasteiger partial charge is 0.314 e. The van der Waals surface area contributed by atoms with Gasteiger partial charge in [0.2, 0.25) is 0 Å². The molecule has 15 heavy (non-hydrogen) atoms. The van der Waals surface area contributed by atoms with E-state index in [-0.39, 0.29) is 6.03 Å². The minimum Gasteiger partial charge on any atom is -0.338 e. The summed E-state index contributed by atoms with van der Waals surface area (Å²) in [5.74, 6) is 0.829. The normalized spacial score (nSPS) is 26.0. The molecule has 2 atom stereocenters. The zero-order chi connectivity index (χ0) is 11.1. The van der Waals surface area contributed by atoms with Crippen LogP contribution in [-0.2, 0) is 0 Å². The third kappa shape index (κ3) is 4.54. The molecule has 1 rings (SSSR count). The Kier molecular flexibility index (Phi) is 5.51. The van der Waals surface area contributed by atoms with Gasteiger partial charge in [-0.05, 0) is 25.7 Å². The molecule has 1 aliphatic rings. The van der Waals surface area contributed by atoms with Gasteiger partial charge in [-0.1, -0.05) is 32.6 Å². The summed E-state index contributed by atoms with van der Waals surface area (Å²) in [5.41, 5.74) is 0. The summed E-state index contributed by atoms with van der Waals surface area (Å²) in [6, 6.07) is 0.404. The van der Waals surface area contributed by atoms with E-state index in [0.717, 1.165) is 12.3 Å². The lowest BCUT2D eigenvalue weighted by atomic mass is 9.83. The maximum Gasteiger partial charge on any atom is 0.314 e.